The van der Waals surface area contributed by atoms with E-state index in [4.69, 9.17) is 10.3 Å². The predicted octanol–water partition coefficient (Wildman–Crippen LogP) is 0.825. The van der Waals surface area contributed by atoms with Gasteiger partial charge >= 0.3 is 15.9 Å². The Kier molecular flexibility index (Phi) is 3.19. The Morgan fingerprint density at radius 1 is 1.21 bits per heavy atom. The van der Waals surface area contributed by atoms with E-state index in [1.165, 1.54) is 0 Å². The zero-order valence-electron chi connectivity index (χ0n) is 9.39. The first kappa shape index (κ1) is 13.0. The van der Waals surface area contributed by atoms with Gasteiger partial charge in [0.05, 0.1) is 5.69 Å². The van der Waals surface area contributed by atoms with Crippen molar-refractivity contribution >= 4 is 27.5 Å². The maximum atomic E-state index is 11.4. The molecular weight excluding hydrogens is 274 g/mol. The minimum atomic E-state index is -4.75. The molecule has 0 amide bonds. The number of hydrogen-bond acceptors (Lipinski definition) is 6. The molecule has 1 aromatic carbocycles. The molecule has 1 aromatic heterocycles. The smallest absolute Gasteiger partial charge is 0.380 e. The van der Waals surface area contributed by atoms with E-state index < -0.39 is 21.6 Å². The van der Waals surface area contributed by atoms with Gasteiger partial charge < -0.3 is 5.73 Å². The van der Waals surface area contributed by atoms with Crippen LogP contribution in [0.4, 0.5) is 17.2 Å². The van der Waals surface area contributed by atoms with Crippen LogP contribution in [0.5, 0.6) is 0 Å². The van der Waals surface area contributed by atoms with E-state index in [-0.39, 0.29) is 9.90 Å². The minimum absolute atomic E-state index is 0.0261. The van der Waals surface area contributed by atoms with Crippen molar-refractivity contribution < 1.29 is 13.0 Å². The van der Waals surface area contributed by atoms with Crippen LogP contribution >= 0.6 is 0 Å². The lowest BCUT2D eigenvalue weighted by molar-refractivity contribution is 0.464. The van der Waals surface area contributed by atoms with Crippen LogP contribution in [-0.4, -0.2) is 22.2 Å². The van der Waals surface area contributed by atoms with Gasteiger partial charge in [-0.15, -0.1) is 14.3 Å². The van der Waals surface area contributed by atoms with Crippen molar-refractivity contribution in [1.82, 2.24) is 9.19 Å². The van der Waals surface area contributed by atoms with Gasteiger partial charge in [-0.25, -0.2) is 0 Å². The van der Waals surface area contributed by atoms with Crippen LogP contribution < -0.4 is 11.3 Å². The first-order valence-electron chi connectivity index (χ1n) is 4.95. The van der Waals surface area contributed by atoms with Crippen molar-refractivity contribution in [2.45, 2.75) is 0 Å². The fourth-order valence-corrected chi connectivity index (χ4v) is 1.77. The highest BCUT2D eigenvalue weighted by atomic mass is 32.2. The van der Waals surface area contributed by atoms with Crippen molar-refractivity contribution in [2.24, 2.45) is 10.2 Å². The van der Waals surface area contributed by atoms with Crippen molar-refractivity contribution in [2.75, 3.05) is 5.73 Å². The lowest BCUT2D eigenvalue weighted by Crippen LogP contribution is -2.25. The standard InChI is InChI=1S/C9H9N5O4S/c10-7-8(12-11-6-4-2-1-3-5-6)13-14(9(7)15)19(16,17)18/h1-5,13H,10H2,(H,16,17,18). The topological polar surface area (TPSA) is 143 Å². The average Bonchev–Trinajstić information content (AvgIpc) is 2.65. The van der Waals surface area contributed by atoms with Gasteiger partial charge in [0.2, 0.25) is 0 Å². The van der Waals surface area contributed by atoms with Crippen molar-refractivity contribution in [3.8, 4) is 0 Å². The summed E-state index contributed by atoms with van der Waals surface area (Å²) in [5.74, 6) is -0.258. The van der Waals surface area contributed by atoms with Gasteiger partial charge in [-0.3, -0.25) is 14.4 Å². The minimum Gasteiger partial charge on any atom is -0.391 e. The largest absolute Gasteiger partial charge is 0.391 e. The first-order valence-corrected chi connectivity index (χ1v) is 6.34. The Hall–Kier alpha value is -2.46. The van der Waals surface area contributed by atoms with Crippen molar-refractivity contribution in [1.29, 1.82) is 0 Å². The Morgan fingerprint density at radius 3 is 2.37 bits per heavy atom. The third kappa shape index (κ3) is 2.69. The molecule has 0 spiro atoms. The fourth-order valence-electron chi connectivity index (χ4n) is 1.26. The SMILES string of the molecule is Nc1c(N=Nc2ccccc2)[nH]n(S(=O)(=O)O)c1=O. The molecule has 0 radical (unpaired) electrons. The van der Waals surface area contributed by atoms with E-state index >= 15 is 0 Å². The molecule has 100 valence electrons. The monoisotopic (exact) mass is 283 g/mol. The molecule has 0 aliphatic heterocycles. The summed E-state index contributed by atoms with van der Waals surface area (Å²) in [4.78, 5) is 11.4. The Morgan fingerprint density at radius 2 is 1.84 bits per heavy atom. The van der Waals surface area contributed by atoms with Gasteiger partial charge in [0.1, 0.15) is 5.69 Å². The number of hydrogen-bond donors (Lipinski definition) is 3. The van der Waals surface area contributed by atoms with Gasteiger partial charge in [0.25, 0.3) is 0 Å². The number of anilines is 1. The molecule has 2 aromatic rings. The van der Waals surface area contributed by atoms with Crippen LogP contribution in [0.25, 0.3) is 0 Å². The summed E-state index contributed by atoms with van der Waals surface area (Å²) in [6.07, 6.45) is 0. The van der Waals surface area contributed by atoms with Gasteiger partial charge in [-0.05, 0) is 12.1 Å². The van der Waals surface area contributed by atoms with E-state index in [1.807, 2.05) is 5.10 Å². The summed E-state index contributed by atoms with van der Waals surface area (Å²) >= 11 is 0. The number of nitrogen functional groups attached to an aromatic ring is 1. The summed E-state index contributed by atoms with van der Waals surface area (Å²) < 4.78 is 30.4. The van der Waals surface area contributed by atoms with Crippen LogP contribution in [0, 0.1) is 0 Å². The maximum Gasteiger partial charge on any atom is 0.380 e. The summed E-state index contributed by atoms with van der Waals surface area (Å²) in [7, 11) is -4.75. The molecule has 0 aliphatic carbocycles. The number of benzene rings is 1. The normalized spacial score (nSPS) is 12.1. The summed E-state index contributed by atoms with van der Waals surface area (Å²) in [6, 6.07) is 8.53. The quantitative estimate of drug-likeness (QED) is 0.564. The van der Waals surface area contributed by atoms with Crippen LogP contribution in [0.2, 0.25) is 0 Å². The van der Waals surface area contributed by atoms with Crippen molar-refractivity contribution in [3.63, 3.8) is 0 Å². The molecule has 0 atom stereocenters. The Balaban J connectivity index is 2.43. The zero-order valence-corrected chi connectivity index (χ0v) is 10.2. The second kappa shape index (κ2) is 4.66. The lowest BCUT2D eigenvalue weighted by Gasteiger charge is -1.93. The third-order valence-electron chi connectivity index (χ3n) is 2.13. The molecule has 2 rings (SSSR count). The highest BCUT2D eigenvalue weighted by molar-refractivity contribution is 7.84. The van der Waals surface area contributed by atoms with Crippen molar-refractivity contribution in [3.05, 3.63) is 40.7 Å². The molecule has 19 heavy (non-hydrogen) atoms. The highest BCUT2D eigenvalue weighted by Gasteiger charge is 2.18. The first-order chi connectivity index (χ1) is 8.89. The second-order valence-electron chi connectivity index (χ2n) is 3.46. The summed E-state index contributed by atoms with van der Waals surface area (Å²) in [6.45, 7) is 0. The van der Waals surface area contributed by atoms with Crippen LogP contribution in [0.1, 0.15) is 0 Å². The summed E-state index contributed by atoms with van der Waals surface area (Å²) in [5, 5.41) is 9.42. The molecule has 0 unspecified atom stereocenters. The number of aromatic nitrogens is 2. The van der Waals surface area contributed by atoms with Gasteiger partial charge in [-0.1, -0.05) is 18.2 Å². The number of azo groups is 1. The third-order valence-corrected chi connectivity index (χ3v) is 2.85. The molecule has 9 nitrogen and oxygen atoms in total. The van der Waals surface area contributed by atoms with Crippen LogP contribution in [0.3, 0.4) is 0 Å². The van der Waals surface area contributed by atoms with E-state index in [2.05, 4.69) is 10.2 Å². The Bertz CT molecular complexity index is 775. The van der Waals surface area contributed by atoms with Gasteiger partial charge in [0.15, 0.2) is 5.82 Å². The molecule has 0 saturated carbocycles. The number of H-pyrrole nitrogens is 1. The Labute approximate surface area is 107 Å². The molecule has 0 saturated heterocycles. The van der Waals surface area contributed by atoms with Crippen LogP contribution in [-0.2, 0) is 10.3 Å². The maximum absolute atomic E-state index is 11.4. The number of nitrogens with one attached hydrogen (secondary N) is 1. The molecule has 10 heteroatoms. The van der Waals surface area contributed by atoms with E-state index in [1.54, 1.807) is 30.3 Å². The van der Waals surface area contributed by atoms with E-state index in [0.717, 1.165) is 0 Å². The number of aromatic amines is 1. The number of nitrogens with zero attached hydrogens (tertiary/aromatic N) is 3. The molecule has 0 fully saturated rings. The van der Waals surface area contributed by atoms with Crippen LogP contribution in [0.15, 0.2) is 45.4 Å². The number of rotatable bonds is 3. The molecule has 4 N–H and O–H groups in total. The molecular formula is C9H9N5O4S. The fraction of sp³-hybridized carbons (Fsp3) is 0. The molecule has 1 heterocycles. The molecule has 0 bridgehead atoms. The highest BCUT2D eigenvalue weighted by Crippen LogP contribution is 2.19. The summed E-state index contributed by atoms with van der Waals surface area (Å²) in [5.41, 5.74) is 4.28. The van der Waals surface area contributed by atoms with Gasteiger partial charge in [-0.2, -0.15) is 8.42 Å². The predicted molar refractivity (Wildman–Crippen MR) is 67.0 cm³/mol. The van der Waals surface area contributed by atoms with E-state index in [0.29, 0.717) is 5.69 Å². The van der Waals surface area contributed by atoms with E-state index in [9.17, 15) is 13.2 Å². The van der Waals surface area contributed by atoms with Gasteiger partial charge in [0, 0.05) is 0 Å². The molecule has 0 aliphatic rings. The average molecular weight is 283 g/mol. The number of nitrogens with two attached hydrogens (primary N) is 1. The zero-order chi connectivity index (χ0) is 14.0. The second-order valence-corrected chi connectivity index (χ2v) is 4.72. The lowest BCUT2D eigenvalue weighted by atomic mass is 10.3.